The monoisotopic (exact) mass is 374 g/mol. The molecule has 142 valence electrons. The Labute approximate surface area is 162 Å². The second-order valence-electron chi connectivity index (χ2n) is 6.95. The van der Waals surface area contributed by atoms with E-state index < -0.39 is 6.04 Å². The van der Waals surface area contributed by atoms with Gasteiger partial charge in [-0.25, -0.2) is 4.98 Å². The number of aromatic nitrogens is 3. The van der Waals surface area contributed by atoms with Crippen molar-refractivity contribution in [2.45, 2.75) is 13.0 Å². The van der Waals surface area contributed by atoms with Crippen molar-refractivity contribution in [1.82, 2.24) is 19.9 Å². The van der Waals surface area contributed by atoms with Gasteiger partial charge in [0.15, 0.2) is 0 Å². The van der Waals surface area contributed by atoms with E-state index in [0.717, 1.165) is 33.3 Å². The lowest BCUT2D eigenvalue weighted by molar-refractivity contribution is 0.0911. The van der Waals surface area contributed by atoms with Crippen molar-refractivity contribution in [3.05, 3.63) is 77.9 Å². The first kappa shape index (κ1) is 18.0. The maximum Gasteiger partial charge on any atom is 0.268 e. The lowest BCUT2D eigenvalue weighted by atomic mass is 10.0. The van der Waals surface area contributed by atoms with E-state index in [4.69, 9.17) is 0 Å². The van der Waals surface area contributed by atoms with E-state index in [9.17, 15) is 9.90 Å². The molecule has 3 heterocycles. The number of aliphatic hydroxyl groups excluding tert-OH is 1. The van der Waals surface area contributed by atoms with Gasteiger partial charge in [0, 0.05) is 36.6 Å². The third-order valence-corrected chi connectivity index (χ3v) is 4.94. The van der Waals surface area contributed by atoms with Gasteiger partial charge in [-0.1, -0.05) is 29.8 Å². The maximum atomic E-state index is 12.7. The van der Waals surface area contributed by atoms with Gasteiger partial charge < -0.3 is 20.0 Å². The highest BCUT2D eigenvalue weighted by Gasteiger charge is 2.17. The van der Waals surface area contributed by atoms with Gasteiger partial charge in [-0.05, 0) is 36.2 Å². The van der Waals surface area contributed by atoms with Crippen LogP contribution < -0.4 is 5.32 Å². The predicted molar refractivity (Wildman–Crippen MR) is 109 cm³/mol. The number of rotatable bonds is 5. The number of carbonyl (C=O) groups excluding carboxylic acids is 1. The molecule has 0 fully saturated rings. The van der Waals surface area contributed by atoms with Crippen molar-refractivity contribution in [1.29, 1.82) is 0 Å². The number of fused-ring (bicyclic) bond motifs is 1. The fraction of sp³-hybridized carbons (Fsp3) is 0.182. The number of nitrogens with one attached hydrogen (secondary N) is 2. The predicted octanol–water partition coefficient (Wildman–Crippen LogP) is 3.34. The van der Waals surface area contributed by atoms with E-state index in [1.54, 1.807) is 6.20 Å². The number of amides is 1. The third kappa shape index (κ3) is 3.30. The molecule has 0 saturated carbocycles. The van der Waals surface area contributed by atoms with E-state index in [-0.39, 0.29) is 12.5 Å². The first-order chi connectivity index (χ1) is 13.6. The van der Waals surface area contributed by atoms with Crippen molar-refractivity contribution in [3.8, 4) is 11.1 Å². The van der Waals surface area contributed by atoms with Crippen LogP contribution in [0.25, 0.3) is 22.2 Å². The Morgan fingerprint density at radius 2 is 2.14 bits per heavy atom. The molecule has 0 spiro atoms. The van der Waals surface area contributed by atoms with Crippen LogP contribution in [0.1, 0.15) is 27.7 Å². The number of pyridine rings is 1. The Balaban J connectivity index is 1.59. The number of aliphatic hydroxyl groups is 1. The van der Waals surface area contributed by atoms with Gasteiger partial charge in [-0.2, -0.15) is 0 Å². The summed E-state index contributed by atoms with van der Waals surface area (Å²) >= 11 is 0. The average Bonchev–Trinajstić information content (AvgIpc) is 3.33. The summed E-state index contributed by atoms with van der Waals surface area (Å²) in [7, 11) is 1.95. The zero-order chi connectivity index (χ0) is 19.7. The number of H-pyrrole nitrogens is 1. The largest absolute Gasteiger partial charge is 0.394 e. The van der Waals surface area contributed by atoms with E-state index in [1.807, 2.05) is 73.4 Å². The summed E-state index contributed by atoms with van der Waals surface area (Å²) in [5.74, 6) is -0.259. The first-order valence-electron chi connectivity index (χ1n) is 9.14. The van der Waals surface area contributed by atoms with Crippen LogP contribution >= 0.6 is 0 Å². The Morgan fingerprint density at radius 3 is 2.93 bits per heavy atom. The number of aryl methyl sites for hydroxylation is 2. The van der Waals surface area contributed by atoms with E-state index >= 15 is 0 Å². The lowest BCUT2D eigenvalue weighted by Crippen LogP contribution is -2.31. The Bertz CT molecular complexity index is 1140. The minimum Gasteiger partial charge on any atom is -0.394 e. The van der Waals surface area contributed by atoms with Crippen molar-refractivity contribution in [3.63, 3.8) is 0 Å². The average molecular weight is 374 g/mol. The fourth-order valence-electron chi connectivity index (χ4n) is 3.45. The molecule has 0 aliphatic heterocycles. The van der Waals surface area contributed by atoms with Gasteiger partial charge in [0.25, 0.3) is 5.91 Å². The molecule has 0 radical (unpaired) electrons. The highest BCUT2D eigenvalue weighted by Crippen LogP contribution is 2.28. The minimum absolute atomic E-state index is 0.169. The molecule has 1 atom stereocenters. The molecule has 0 saturated heterocycles. The minimum atomic E-state index is -0.457. The molecule has 3 N–H and O–H groups in total. The number of hydrogen-bond donors (Lipinski definition) is 3. The van der Waals surface area contributed by atoms with E-state index in [2.05, 4.69) is 15.3 Å². The standard InChI is InChI=1S/C22H22N4O2/c1-14-4-3-5-15(10-14)20(13-27)25-22(28)19-11-16(12-24-19)17-6-8-23-21-18(17)7-9-26(21)2/h3-12,20,24,27H,13H2,1-2H3,(H,25,28)/t20-/m1/s1. The van der Waals surface area contributed by atoms with Crippen LogP contribution in [0.3, 0.4) is 0 Å². The van der Waals surface area contributed by atoms with E-state index in [1.165, 1.54) is 0 Å². The molecule has 0 aliphatic carbocycles. The van der Waals surface area contributed by atoms with Gasteiger partial charge in [0.1, 0.15) is 11.3 Å². The van der Waals surface area contributed by atoms with Gasteiger partial charge in [0.2, 0.25) is 0 Å². The van der Waals surface area contributed by atoms with Crippen LogP contribution in [0.5, 0.6) is 0 Å². The molecular formula is C22H22N4O2. The van der Waals surface area contributed by atoms with Gasteiger partial charge in [0.05, 0.1) is 12.6 Å². The summed E-state index contributed by atoms with van der Waals surface area (Å²) in [6, 6.07) is 13.1. The summed E-state index contributed by atoms with van der Waals surface area (Å²) in [5.41, 5.74) is 5.23. The second-order valence-corrected chi connectivity index (χ2v) is 6.95. The summed E-state index contributed by atoms with van der Waals surface area (Å²) in [6.45, 7) is 1.81. The second kappa shape index (κ2) is 7.32. The van der Waals surface area contributed by atoms with Crippen LogP contribution in [0.4, 0.5) is 0 Å². The van der Waals surface area contributed by atoms with Crippen molar-refractivity contribution >= 4 is 16.9 Å². The molecule has 4 aromatic rings. The van der Waals surface area contributed by atoms with Crippen LogP contribution in [-0.4, -0.2) is 32.2 Å². The zero-order valence-electron chi connectivity index (χ0n) is 15.8. The third-order valence-electron chi connectivity index (χ3n) is 4.94. The Kier molecular flexibility index (Phi) is 4.71. The highest BCUT2D eigenvalue weighted by atomic mass is 16.3. The van der Waals surface area contributed by atoms with Crippen LogP contribution in [0.15, 0.2) is 61.1 Å². The lowest BCUT2D eigenvalue weighted by Gasteiger charge is -2.16. The Morgan fingerprint density at radius 1 is 1.29 bits per heavy atom. The van der Waals surface area contributed by atoms with Gasteiger partial charge in [-0.15, -0.1) is 0 Å². The Hall–Kier alpha value is -3.38. The van der Waals surface area contributed by atoms with Gasteiger partial charge >= 0.3 is 0 Å². The normalized spacial score (nSPS) is 12.2. The summed E-state index contributed by atoms with van der Waals surface area (Å²) < 4.78 is 1.97. The number of benzene rings is 1. The molecule has 4 rings (SSSR count). The topological polar surface area (TPSA) is 82.9 Å². The molecule has 6 nitrogen and oxygen atoms in total. The van der Waals surface area contributed by atoms with Crippen LogP contribution in [-0.2, 0) is 7.05 Å². The molecule has 0 bridgehead atoms. The zero-order valence-corrected chi connectivity index (χ0v) is 15.8. The molecule has 1 amide bonds. The molecular weight excluding hydrogens is 352 g/mol. The summed E-state index contributed by atoms with van der Waals surface area (Å²) in [6.07, 6.45) is 5.55. The smallest absolute Gasteiger partial charge is 0.268 e. The van der Waals surface area contributed by atoms with Gasteiger partial charge in [-0.3, -0.25) is 4.79 Å². The van der Waals surface area contributed by atoms with Crippen molar-refractivity contribution < 1.29 is 9.90 Å². The van der Waals surface area contributed by atoms with Crippen molar-refractivity contribution in [2.24, 2.45) is 7.05 Å². The number of nitrogens with zero attached hydrogens (tertiary/aromatic N) is 2. The first-order valence-corrected chi connectivity index (χ1v) is 9.14. The molecule has 3 aromatic heterocycles. The summed E-state index contributed by atoms with van der Waals surface area (Å²) in [5, 5.41) is 13.7. The van der Waals surface area contributed by atoms with Crippen LogP contribution in [0, 0.1) is 6.92 Å². The molecule has 1 aromatic carbocycles. The quantitative estimate of drug-likeness (QED) is 0.501. The van der Waals surface area contributed by atoms with Crippen molar-refractivity contribution in [2.75, 3.05) is 6.61 Å². The molecule has 0 unspecified atom stereocenters. The molecule has 0 aliphatic rings. The molecule has 28 heavy (non-hydrogen) atoms. The number of carbonyl (C=O) groups is 1. The maximum absolute atomic E-state index is 12.7. The molecule has 6 heteroatoms. The fourth-order valence-corrected chi connectivity index (χ4v) is 3.45. The highest BCUT2D eigenvalue weighted by molar-refractivity contribution is 5.97. The number of hydrogen-bond acceptors (Lipinski definition) is 3. The van der Waals surface area contributed by atoms with Crippen LogP contribution in [0.2, 0.25) is 0 Å². The number of aromatic amines is 1. The summed E-state index contributed by atoms with van der Waals surface area (Å²) in [4.78, 5) is 20.2. The van der Waals surface area contributed by atoms with E-state index in [0.29, 0.717) is 5.69 Å². The SMILES string of the molecule is Cc1cccc([C@@H](CO)NC(=O)c2cc(-c3ccnc4c3ccn4C)c[nH]2)c1.